The second kappa shape index (κ2) is 10.5. The van der Waals surface area contributed by atoms with Crippen LogP contribution in [0.3, 0.4) is 0 Å². The van der Waals surface area contributed by atoms with Crippen LogP contribution in [0.4, 0.5) is 4.39 Å². The van der Waals surface area contributed by atoms with E-state index in [4.69, 9.17) is 9.47 Å². The molecule has 0 atom stereocenters. The number of aryl methyl sites for hydroxylation is 1. The summed E-state index contributed by atoms with van der Waals surface area (Å²) < 4.78 is 26.4. The number of carbonyl (C=O) groups is 1. The Hall–Kier alpha value is -3.94. The molecule has 1 N–H and O–H groups in total. The molecular formula is C27H27FN2O5. The van der Waals surface area contributed by atoms with E-state index < -0.39 is 11.8 Å². The molecule has 3 aromatic rings. The maximum absolute atomic E-state index is 15.1. The Bertz CT molecular complexity index is 1290. The number of oxime groups is 1. The lowest BCUT2D eigenvalue weighted by Gasteiger charge is -2.16. The molecule has 0 amide bonds. The topological polar surface area (TPSA) is 90.2 Å². The highest BCUT2D eigenvalue weighted by Crippen LogP contribution is 2.32. The van der Waals surface area contributed by atoms with Crippen LogP contribution in [0.15, 0.2) is 47.6 Å². The van der Waals surface area contributed by atoms with Crippen LogP contribution in [0.5, 0.6) is 17.2 Å². The normalized spacial score (nSPS) is 12.9. The van der Waals surface area contributed by atoms with Crippen molar-refractivity contribution in [2.45, 2.75) is 40.0 Å². The largest absolute Gasteiger partial charge is 0.506 e. The molecule has 0 fully saturated rings. The predicted octanol–water partition coefficient (Wildman–Crippen LogP) is 5.27. The summed E-state index contributed by atoms with van der Waals surface area (Å²) in [6.45, 7) is 6.19. The lowest BCUT2D eigenvalue weighted by Crippen LogP contribution is -2.12. The molecule has 0 aliphatic carbocycles. The van der Waals surface area contributed by atoms with E-state index in [9.17, 15) is 9.90 Å². The molecule has 0 bridgehead atoms. The van der Waals surface area contributed by atoms with E-state index in [2.05, 4.69) is 15.0 Å². The molecule has 7 nitrogen and oxygen atoms in total. The van der Waals surface area contributed by atoms with Crippen LogP contribution in [0, 0.1) is 19.7 Å². The molecule has 2 aromatic carbocycles. The van der Waals surface area contributed by atoms with Crippen LogP contribution in [0.25, 0.3) is 11.3 Å². The zero-order valence-electron chi connectivity index (χ0n) is 19.9. The van der Waals surface area contributed by atoms with Crippen molar-refractivity contribution < 1.29 is 28.6 Å². The third-order valence-electron chi connectivity index (χ3n) is 5.71. The van der Waals surface area contributed by atoms with Crippen LogP contribution >= 0.6 is 0 Å². The van der Waals surface area contributed by atoms with Crippen molar-refractivity contribution in [1.82, 2.24) is 4.98 Å². The molecule has 1 aromatic heterocycles. The van der Waals surface area contributed by atoms with Gasteiger partial charge in [0.05, 0.1) is 13.0 Å². The Morgan fingerprint density at radius 2 is 1.97 bits per heavy atom. The smallest absolute Gasteiger partial charge is 0.340 e. The highest BCUT2D eigenvalue weighted by Gasteiger charge is 2.20. The third kappa shape index (κ3) is 5.59. The van der Waals surface area contributed by atoms with Crippen molar-refractivity contribution in [3.8, 4) is 28.5 Å². The molecule has 8 heteroatoms. The molecule has 1 aliphatic rings. The van der Waals surface area contributed by atoms with Crippen molar-refractivity contribution >= 4 is 11.7 Å². The fraction of sp³-hybridized carbons (Fsp3) is 0.296. The minimum atomic E-state index is -0.476. The molecule has 0 spiro atoms. The van der Waals surface area contributed by atoms with Crippen LogP contribution in [-0.2, 0) is 16.1 Å². The molecule has 0 radical (unpaired) electrons. The van der Waals surface area contributed by atoms with E-state index in [1.54, 1.807) is 25.1 Å². The van der Waals surface area contributed by atoms with E-state index >= 15 is 4.39 Å². The van der Waals surface area contributed by atoms with Gasteiger partial charge in [-0.25, -0.2) is 14.2 Å². The second-order valence-electron chi connectivity index (χ2n) is 8.42. The fourth-order valence-electron chi connectivity index (χ4n) is 3.86. The van der Waals surface area contributed by atoms with E-state index in [-0.39, 0.29) is 24.5 Å². The zero-order valence-corrected chi connectivity index (χ0v) is 19.9. The van der Waals surface area contributed by atoms with Gasteiger partial charge in [0.2, 0.25) is 0 Å². The van der Waals surface area contributed by atoms with Crippen molar-refractivity contribution in [1.29, 1.82) is 0 Å². The van der Waals surface area contributed by atoms with E-state index in [0.717, 1.165) is 23.1 Å². The van der Waals surface area contributed by atoms with Crippen molar-refractivity contribution in [2.24, 2.45) is 5.16 Å². The average molecular weight is 479 g/mol. The minimum Gasteiger partial charge on any atom is -0.506 e. The first kappa shape index (κ1) is 24.2. The highest BCUT2D eigenvalue weighted by molar-refractivity contribution is 6.02. The molecule has 35 heavy (non-hydrogen) atoms. The van der Waals surface area contributed by atoms with Gasteiger partial charge in [-0.05, 0) is 67.3 Å². The van der Waals surface area contributed by atoms with Crippen molar-refractivity contribution in [3.05, 3.63) is 70.7 Å². The monoisotopic (exact) mass is 478 g/mol. The summed E-state index contributed by atoms with van der Waals surface area (Å²) in [6, 6.07) is 12.4. The number of hydrogen-bond acceptors (Lipinski definition) is 7. The number of hydrogen-bond donors (Lipinski definition) is 1. The van der Waals surface area contributed by atoms with Gasteiger partial charge >= 0.3 is 5.97 Å². The summed E-state index contributed by atoms with van der Waals surface area (Å²) >= 11 is 0. The summed E-state index contributed by atoms with van der Waals surface area (Å²) in [6.07, 6.45) is 1.31. The Morgan fingerprint density at radius 1 is 1.14 bits per heavy atom. The lowest BCUT2D eigenvalue weighted by atomic mass is 9.97. The SMILES string of the molecule is CCCOc1cccc(-c2nc(Cc3c(C)cc(OCC4=NOC(=O)C4)c(F)c3C)ccc2O)c1. The van der Waals surface area contributed by atoms with Gasteiger partial charge in [0.15, 0.2) is 11.6 Å². The van der Waals surface area contributed by atoms with Crippen LogP contribution in [0.2, 0.25) is 0 Å². The Morgan fingerprint density at radius 3 is 2.71 bits per heavy atom. The average Bonchev–Trinajstić information content (AvgIpc) is 3.28. The highest BCUT2D eigenvalue weighted by atomic mass is 19.1. The summed E-state index contributed by atoms with van der Waals surface area (Å²) in [5, 5.41) is 14.1. The maximum atomic E-state index is 15.1. The van der Waals surface area contributed by atoms with Gasteiger partial charge in [-0.2, -0.15) is 0 Å². The lowest BCUT2D eigenvalue weighted by molar-refractivity contribution is -0.140. The third-order valence-corrected chi connectivity index (χ3v) is 5.71. The molecule has 4 rings (SSSR count). The Kier molecular flexibility index (Phi) is 7.29. The van der Waals surface area contributed by atoms with Gasteiger partial charge in [0.1, 0.15) is 29.5 Å². The number of aromatic hydroxyl groups is 1. The van der Waals surface area contributed by atoms with Gasteiger partial charge in [0, 0.05) is 17.7 Å². The van der Waals surface area contributed by atoms with Gasteiger partial charge < -0.3 is 19.4 Å². The number of nitrogens with zero attached hydrogens (tertiary/aromatic N) is 2. The van der Waals surface area contributed by atoms with Gasteiger partial charge in [0.25, 0.3) is 0 Å². The molecule has 0 saturated carbocycles. The first-order valence-corrected chi connectivity index (χ1v) is 11.4. The predicted molar refractivity (Wildman–Crippen MR) is 129 cm³/mol. The molecule has 0 unspecified atom stereocenters. The van der Waals surface area contributed by atoms with Crippen LogP contribution < -0.4 is 9.47 Å². The number of carbonyl (C=O) groups excluding carboxylic acids is 1. The molecule has 2 heterocycles. The standard InChI is InChI=1S/C27H27FN2O5/c1-4-10-33-21-7-5-6-18(12-21)27-23(31)9-8-19(29-27)13-22-16(2)11-24(26(28)17(22)3)34-15-20-14-25(32)35-30-20/h5-9,11-12,31H,4,10,13-15H2,1-3H3. The van der Waals surface area contributed by atoms with E-state index in [1.165, 1.54) is 0 Å². The maximum Gasteiger partial charge on any atom is 0.340 e. The molecule has 182 valence electrons. The van der Waals surface area contributed by atoms with Crippen LogP contribution in [-0.4, -0.2) is 35.0 Å². The van der Waals surface area contributed by atoms with Crippen molar-refractivity contribution in [2.75, 3.05) is 13.2 Å². The molecule has 1 aliphatic heterocycles. The summed E-state index contributed by atoms with van der Waals surface area (Å²) in [7, 11) is 0. The fourth-order valence-corrected chi connectivity index (χ4v) is 3.86. The number of halogens is 1. The first-order valence-electron chi connectivity index (χ1n) is 11.4. The summed E-state index contributed by atoms with van der Waals surface area (Å²) in [5.74, 6) is -0.0696. The molecule has 0 saturated heterocycles. The summed E-state index contributed by atoms with van der Waals surface area (Å²) in [4.78, 5) is 20.4. The summed E-state index contributed by atoms with van der Waals surface area (Å²) in [5.41, 5.74) is 4.35. The van der Waals surface area contributed by atoms with E-state index in [1.807, 2.05) is 38.1 Å². The van der Waals surface area contributed by atoms with Gasteiger partial charge in [-0.1, -0.05) is 24.2 Å². The second-order valence-corrected chi connectivity index (χ2v) is 8.42. The quantitative estimate of drug-likeness (QED) is 0.421. The number of aromatic nitrogens is 1. The Labute approximate surface area is 203 Å². The zero-order chi connectivity index (χ0) is 24.9. The molecular weight excluding hydrogens is 451 g/mol. The minimum absolute atomic E-state index is 0.0230. The van der Waals surface area contributed by atoms with Gasteiger partial charge in [-0.3, -0.25) is 0 Å². The Balaban J connectivity index is 1.56. The number of rotatable bonds is 9. The van der Waals surface area contributed by atoms with Crippen molar-refractivity contribution in [3.63, 3.8) is 0 Å². The number of pyridine rings is 1. The number of benzene rings is 2. The first-order chi connectivity index (χ1) is 16.9. The van der Waals surface area contributed by atoms with Gasteiger partial charge in [-0.15, -0.1) is 0 Å². The van der Waals surface area contributed by atoms with E-state index in [0.29, 0.717) is 41.4 Å². The van der Waals surface area contributed by atoms with Crippen LogP contribution in [0.1, 0.15) is 42.1 Å². The number of ether oxygens (including phenoxy) is 2.